The molecule has 2 aliphatic rings. The Kier molecular flexibility index (Phi) is 5.19. The SMILES string of the molecule is Cc1oc(C)c(C(=O)N2CCC(C(=O)c3ccc4c(c3)OCCO4)CC2)c1Br. The number of carbonyl (C=O) groups excluding carboxylic acids is 2. The number of aryl methyl sites for hydroxylation is 2. The number of halogens is 1. The molecule has 1 amide bonds. The van der Waals surface area contributed by atoms with Crippen LogP contribution < -0.4 is 9.47 Å². The minimum Gasteiger partial charge on any atom is -0.486 e. The summed E-state index contributed by atoms with van der Waals surface area (Å²) in [6.45, 7) is 5.74. The van der Waals surface area contributed by atoms with Crippen LogP contribution in [0.5, 0.6) is 11.5 Å². The third-order valence-corrected chi connectivity index (χ3v) is 6.34. The van der Waals surface area contributed by atoms with Crippen molar-refractivity contribution in [2.45, 2.75) is 26.7 Å². The summed E-state index contributed by atoms with van der Waals surface area (Å²) in [7, 11) is 0. The van der Waals surface area contributed by atoms with E-state index in [1.165, 1.54) is 0 Å². The van der Waals surface area contributed by atoms with Gasteiger partial charge >= 0.3 is 0 Å². The van der Waals surface area contributed by atoms with Crippen LogP contribution >= 0.6 is 15.9 Å². The highest BCUT2D eigenvalue weighted by atomic mass is 79.9. The molecule has 7 heteroatoms. The quantitative estimate of drug-likeness (QED) is 0.660. The Morgan fingerprint density at radius 1 is 1.04 bits per heavy atom. The third kappa shape index (κ3) is 3.43. The van der Waals surface area contributed by atoms with E-state index in [2.05, 4.69) is 15.9 Å². The van der Waals surface area contributed by atoms with Crippen molar-refractivity contribution in [2.24, 2.45) is 5.92 Å². The van der Waals surface area contributed by atoms with E-state index in [-0.39, 0.29) is 17.6 Å². The first-order chi connectivity index (χ1) is 13.5. The van der Waals surface area contributed by atoms with Crippen LogP contribution in [0.15, 0.2) is 27.1 Å². The Morgan fingerprint density at radius 2 is 1.71 bits per heavy atom. The summed E-state index contributed by atoms with van der Waals surface area (Å²) >= 11 is 3.45. The van der Waals surface area contributed by atoms with Gasteiger partial charge < -0.3 is 18.8 Å². The van der Waals surface area contributed by atoms with E-state index in [4.69, 9.17) is 13.9 Å². The predicted octanol–water partition coefficient (Wildman–Crippen LogP) is 4.17. The lowest BCUT2D eigenvalue weighted by Crippen LogP contribution is -2.40. The number of benzene rings is 1. The number of hydrogen-bond acceptors (Lipinski definition) is 5. The lowest BCUT2D eigenvalue weighted by Gasteiger charge is -2.31. The fourth-order valence-corrected chi connectivity index (χ4v) is 4.37. The van der Waals surface area contributed by atoms with E-state index in [1.54, 1.807) is 30.0 Å². The van der Waals surface area contributed by atoms with Crippen LogP contribution in [0.3, 0.4) is 0 Å². The smallest absolute Gasteiger partial charge is 0.258 e. The van der Waals surface area contributed by atoms with Crippen LogP contribution in [0.4, 0.5) is 0 Å². The van der Waals surface area contributed by atoms with Gasteiger partial charge in [-0.2, -0.15) is 0 Å². The number of Topliss-reactive ketones (excluding diaryl/α,β-unsaturated/α-hetero) is 1. The first kappa shape index (κ1) is 19.1. The minimum absolute atomic E-state index is 0.0496. The van der Waals surface area contributed by atoms with Crippen LogP contribution in [0, 0.1) is 19.8 Å². The zero-order valence-corrected chi connectivity index (χ0v) is 17.5. The number of amides is 1. The number of ketones is 1. The molecule has 0 N–H and O–H groups in total. The van der Waals surface area contributed by atoms with Crippen LogP contribution in [0.1, 0.15) is 45.1 Å². The van der Waals surface area contributed by atoms with E-state index in [9.17, 15) is 9.59 Å². The molecule has 2 aliphatic heterocycles. The van der Waals surface area contributed by atoms with Gasteiger partial charge in [0, 0.05) is 24.6 Å². The summed E-state index contributed by atoms with van der Waals surface area (Å²) in [5.41, 5.74) is 1.21. The van der Waals surface area contributed by atoms with Gasteiger partial charge in [0.05, 0.1) is 10.0 Å². The van der Waals surface area contributed by atoms with Gasteiger partial charge in [-0.1, -0.05) is 0 Å². The number of piperidine rings is 1. The van der Waals surface area contributed by atoms with Gasteiger partial charge in [-0.3, -0.25) is 9.59 Å². The van der Waals surface area contributed by atoms with Gasteiger partial charge in [-0.05, 0) is 60.8 Å². The number of ether oxygens (including phenoxy) is 2. The molecule has 28 heavy (non-hydrogen) atoms. The average Bonchev–Trinajstić information content (AvgIpc) is 2.98. The number of hydrogen-bond donors (Lipinski definition) is 0. The van der Waals surface area contributed by atoms with Crippen LogP contribution in [-0.2, 0) is 0 Å². The molecular formula is C21H22BrNO5. The molecule has 1 saturated heterocycles. The van der Waals surface area contributed by atoms with Crippen LogP contribution in [0.25, 0.3) is 0 Å². The average molecular weight is 448 g/mol. The normalized spacial score (nSPS) is 16.9. The van der Waals surface area contributed by atoms with Crippen molar-refractivity contribution in [3.05, 3.63) is 45.3 Å². The largest absolute Gasteiger partial charge is 0.486 e. The van der Waals surface area contributed by atoms with E-state index >= 15 is 0 Å². The standard InChI is InChI=1S/C21H22BrNO5/c1-12-18(19(22)13(2)28-12)21(25)23-7-5-14(6-8-23)20(24)15-3-4-16-17(11-15)27-10-9-26-16/h3-4,11,14H,5-10H2,1-2H3. The van der Waals surface area contributed by atoms with Gasteiger partial charge in [-0.15, -0.1) is 0 Å². The lowest BCUT2D eigenvalue weighted by molar-refractivity contribution is 0.0648. The number of carbonyl (C=O) groups is 2. The number of furan rings is 1. The fourth-order valence-electron chi connectivity index (χ4n) is 3.84. The zero-order valence-electron chi connectivity index (χ0n) is 15.9. The predicted molar refractivity (Wildman–Crippen MR) is 106 cm³/mol. The molecule has 0 spiro atoms. The van der Waals surface area contributed by atoms with Crippen molar-refractivity contribution < 1.29 is 23.5 Å². The first-order valence-corrected chi connectivity index (χ1v) is 10.2. The van der Waals surface area contributed by atoms with E-state index in [0.29, 0.717) is 77.8 Å². The molecule has 0 saturated carbocycles. The summed E-state index contributed by atoms with van der Waals surface area (Å²) in [4.78, 5) is 27.6. The van der Waals surface area contributed by atoms with Crippen molar-refractivity contribution in [3.63, 3.8) is 0 Å². The van der Waals surface area contributed by atoms with Gasteiger partial charge in [0.25, 0.3) is 5.91 Å². The van der Waals surface area contributed by atoms with Gasteiger partial charge in [0.1, 0.15) is 24.7 Å². The summed E-state index contributed by atoms with van der Waals surface area (Å²) in [6, 6.07) is 5.35. The highest BCUT2D eigenvalue weighted by molar-refractivity contribution is 9.10. The van der Waals surface area contributed by atoms with Gasteiger partial charge in [0.2, 0.25) is 0 Å². The van der Waals surface area contributed by atoms with Crippen molar-refractivity contribution in [3.8, 4) is 11.5 Å². The second-order valence-corrected chi connectivity index (χ2v) is 7.99. The maximum atomic E-state index is 12.9. The Bertz CT molecular complexity index is 927. The molecule has 1 aromatic carbocycles. The summed E-state index contributed by atoms with van der Waals surface area (Å²) in [5.74, 6) is 2.57. The summed E-state index contributed by atoms with van der Waals surface area (Å²) < 4.78 is 17.4. The van der Waals surface area contributed by atoms with Crippen LogP contribution in [-0.4, -0.2) is 42.9 Å². The van der Waals surface area contributed by atoms with Crippen LogP contribution in [0.2, 0.25) is 0 Å². The molecule has 0 aliphatic carbocycles. The van der Waals surface area contributed by atoms with E-state index < -0.39 is 0 Å². The topological polar surface area (TPSA) is 69.0 Å². The molecule has 4 rings (SSSR count). The molecular weight excluding hydrogens is 426 g/mol. The molecule has 0 atom stereocenters. The van der Waals surface area contributed by atoms with Crippen molar-refractivity contribution in [2.75, 3.05) is 26.3 Å². The van der Waals surface area contributed by atoms with Crippen molar-refractivity contribution in [1.82, 2.24) is 4.90 Å². The van der Waals surface area contributed by atoms with Gasteiger partial charge in [-0.25, -0.2) is 0 Å². The maximum Gasteiger partial charge on any atom is 0.258 e. The number of fused-ring (bicyclic) bond motifs is 1. The lowest BCUT2D eigenvalue weighted by atomic mass is 9.88. The monoisotopic (exact) mass is 447 g/mol. The van der Waals surface area contributed by atoms with E-state index in [1.807, 2.05) is 6.92 Å². The second kappa shape index (κ2) is 7.62. The maximum absolute atomic E-state index is 12.9. The van der Waals surface area contributed by atoms with Crippen molar-refractivity contribution >= 4 is 27.6 Å². The minimum atomic E-state index is -0.0952. The number of rotatable bonds is 3. The highest BCUT2D eigenvalue weighted by Crippen LogP contribution is 2.33. The molecule has 6 nitrogen and oxygen atoms in total. The Balaban J connectivity index is 1.42. The molecule has 148 valence electrons. The molecule has 1 fully saturated rings. The molecule has 3 heterocycles. The Hall–Kier alpha value is -2.28. The van der Waals surface area contributed by atoms with Gasteiger partial charge in [0.15, 0.2) is 17.3 Å². The highest BCUT2D eigenvalue weighted by Gasteiger charge is 2.31. The summed E-state index contributed by atoms with van der Waals surface area (Å²) in [6.07, 6.45) is 1.29. The fraction of sp³-hybridized carbons (Fsp3) is 0.429. The van der Waals surface area contributed by atoms with Crippen molar-refractivity contribution in [1.29, 1.82) is 0 Å². The van der Waals surface area contributed by atoms with E-state index in [0.717, 1.165) is 0 Å². The Morgan fingerprint density at radius 3 is 2.36 bits per heavy atom. The summed E-state index contributed by atoms with van der Waals surface area (Å²) in [5, 5.41) is 0. The third-order valence-electron chi connectivity index (χ3n) is 5.38. The Labute approximate surface area is 171 Å². The number of likely N-dealkylation sites (tertiary alicyclic amines) is 1. The number of nitrogens with zero attached hydrogens (tertiary/aromatic N) is 1. The molecule has 1 aromatic heterocycles. The molecule has 0 bridgehead atoms. The first-order valence-electron chi connectivity index (χ1n) is 9.44. The zero-order chi connectivity index (χ0) is 19.8. The molecule has 0 unspecified atom stereocenters. The molecule has 2 aromatic rings. The molecule has 0 radical (unpaired) electrons. The second-order valence-electron chi connectivity index (χ2n) is 7.19.